The van der Waals surface area contributed by atoms with Crippen LogP contribution < -0.4 is 5.73 Å². The third-order valence-corrected chi connectivity index (χ3v) is 2.67. The van der Waals surface area contributed by atoms with Crippen molar-refractivity contribution in [2.24, 2.45) is 16.6 Å². The quantitative estimate of drug-likeness (QED) is 0.598. The molecule has 0 unspecified atom stereocenters. The molecule has 68 valence electrons. The van der Waals surface area contributed by atoms with E-state index in [0.29, 0.717) is 0 Å². The molecule has 1 saturated carbocycles. The number of rotatable bonds is 0. The van der Waals surface area contributed by atoms with Crippen molar-refractivity contribution in [3.8, 4) is 6.07 Å². The summed E-state index contributed by atoms with van der Waals surface area (Å²) < 4.78 is 0. The first-order valence-electron chi connectivity index (χ1n) is 4.54. The van der Waals surface area contributed by atoms with Gasteiger partial charge < -0.3 is 5.73 Å². The molecule has 2 heteroatoms. The first kappa shape index (κ1) is 9.54. The van der Waals surface area contributed by atoms with Gasteiger partial charge in [0.2, 0.25) is 0 Å². The summed E-state index contributed by atoms with van der Waals surface area (Å²) in [6.45, 7) is 6.41. The van der Waals surface area contributed by atoms with E-state index in [9.17, 15) is 0 Å². The van der Waals surface area contributed by atoms with Crippen molar-refractivity contribution in [1.29, 1.82) is 5.26 Å². The summed E-state index contributed by atoms with van der Waals surface area (Å²) in [6, 6.07) is 2.59. The molecule has 1 rings (SSSR count). The minimum absolute atomic E-state index is 0.193. The SMILES string of the molecule is CC1(C)C[C@@H](N)C[C@@](C)(C#N)C1. The van der Waals surface area contributed by atoms with Crippen LogP contribution in [0.2, 0.25) is 0 Å². The molecule has 2 N–H and O–H groups in total. The van der Waals surface area contributed by atoms with Gasteiger partial charge in [0.25, 0.3) is 0 Å². The second-order valence-corrected chi connectivity index (χ2v) is 5.18. The van der Waals surface area contributed by atoms with Gasteiger partial charge in [0, 0.05) is 6.04 Å². The Bertz CT molecular complexity index is 214. The molecule has 1 aliphatic rings. The third kappa shape index (κ3) is 1.98. The first-order chi connectivity index (χ1) is 5.37. The molecule has 0 aromatic heterocycles. The molecule has 0 heterocycles. The standard InChI is InChI=1S/C10H18N2/c1-9(2)4-8(12)5-10(3,6-9)7-11/h8H,4-6,12H2,1-3H3/t8-,10-/m1/s1. The van der Waals surface area contributed by atoms with Crippen LogP contribution in [0.1, 0.15) is 40.0 Å². The summed E-state index contributed by atoms with van der Waals surface area (Å²) in [5, 5.41) is 8.99. The van der Waals surface area contributed by atoms with Crippen LogP contribution in [0, 0.1) is 22.2 Å². The molecule has 12 heavy (non-hydrogen) atoms. The maximum absolute atomic E-state index is 8.99. The fourth-order valence-corrected chi connectivity index (χ4v) is 2.65. The van der Waals surface area contributed by atoms with Gasteiger partial charge in [-0.1, -0.05) is 13.8 Å². The second-order valence-electron chi connectivity index (χ2n) is 5.18. The summed E-state index contributed by atoms with van der Waals surface area (Å²) in [7, 11) is 0. The topological polar surface area (TPSA) is 49.8 Å². The number of hydrogen-bond donors (Lipinski definition) is 1. The van der Waals surface area contributed by atoms with E-state index in [1.165, 1.54) is 0 Å². The highest BCUT2D eigenvalue weighted by molar-refractivity contribution is 5.04. The summed E-state index contributed by atoms with van der Waals surface area (Å²) in [5.74, 6) is 0. The Morgan fingerprint density at radius 3 is 2.33 bits per heavy atom. The van der Waals surface area contributed by atoms with Gasteiger partial charge in [-0.05, 0) is 31.6 Å². The van der Waals surface area contributed by atoms with E-state index in [-0.39, 0.29) is 16.9 Å². The minimum Gasteiger partial charge on any atom is -0.328 e. The Hall–Kier alpha value is -0.550. The van der Waals surface area contributed by atoms with Crippen LogP contribution in [0.5, 0.6) is 0 Å². The predicted molar refractivity (Wildman–Crippen MR) is 49.3 cm³/mol. The predicted octanol–water partition coefficient (Wildman–Crippen LogP) is 2.05. The summed E-state index contributed by atoms with van der Waals surface area (Å²) in [5.41, 5.74) is 5.96. The summed E-state index contributed by atoms with van der Waals surface area (Å²) >= 11 is 0. The highest BCUT2D eigenvalue weighted by Gasteiger charge is 2.40. The molecule has 0 spiro atoms. The van der Waals surface area contributed by atoms with Crippen LogP contribution >= 0.6 is 0 Å². The molecule has 0 aliphatic heterocycles. The van der Waals surface area contributed by atoms with Crippen LogP contribution in [-0.4, -0.2) is 6.04 Å². The van der Waals surface area contributed by atoms with Crippen molar-refractivity contribution >= 4 is 0 Å². The Morgan fingerprint density at radius 2 is 1.92 bits per heavy atom. The molecule has 0 amide bonds. The zero-order chi connectivity index (χ0) is 9.41. The van der Waals surface area contributed by atoms with Crippen LogP contribution in [0.4, 0.5) is 0 Å². The summed E-state index contributed by atoms with van der Waals surface area (Å²) in [6.07, 6.45) is 2.88. The Morgan fingerprint density at radius 1 is 1.33 bits per heavy atom. The first-order valence-corrected chi connectivity index (χ1v) is 4.54. The molecule has 0 saturated heterocycles. The Balaban J connectivity index is 2.78. The lowest BCUT2D eigenvalue weighted by Crippen LogP contribution is -2.41. The van der Waals surface area contributed by atoms with E-state index >= 15 is 0 Å². The van der Waals surface area contributed by atoms with Crippen molar-refractivity contribution in [1.82, 2.24) is 0 Å². The van der Waals surface area contributed by atoms with Crippen LogP contribution in [-0.2, 0) is 0 Å². The monoisotopic (exact) mass is 166 g/mol. The lowest BCUT2D eigenvalue weighted by molar-refractivity contribution is 0.126. The Kier molecular flexibility index (Phi) is 2.18. The number of hydrogen-bond acceptors (Lipinski definition) is 2. The molecule has 0 radical (unpaired) electrons. The molecule has 1 fully saturated rings. The molecule has 1 aliphatic carbocycles. The smallest absolute Gasteiger partial charge is 0.0687 e. The highest BCUT2D eigenvalue weighted by atomic mass is 14.7. The molecule has 0 aromatic carbocycles. The number of nitrogens with zero attached hydrogens (tertiary/aromatic N) is 1. The second kappa shape index (κ2) is 2.74. The average molecular weight is 166 g/mol. The van der Waals surface area contributed by atoms with Gasteiger partial charge in [-0.2, -0.15) is 5.26 Å². The van der Waals surface area contributed by atoms with E-state index in [4.69, 9.17) is 11.0 Å². The third-order valence-electron chi connectivity index (χ3n) is 2.67. The molecule has 2 atom stereocenters. The van der Waals surface area contributed by atoms with Gasteiger partial charge in [-0.3, -0.25) is 0 Å². The minimum atomic E-state index is -0.193. The van der Waals surface area contributed by atoms with Gasteiger partial charge in [-0.25, -0.2) is 0 Å². The van der Waals surface area contributed by atoms with Gasteiger partial charge >= 0.3 is 0 Å². The average Bonchev–Trinajstić information content (AvgIpc) is 1.82. The van der Waals surface area contributed by atoms with Crippen molar-refractivity contribution in [2.45, 2.75) is 46.1 Å². The Labute approximate surface area is 74.8 Å². The van der Waals surface area contributed by atoms with E-state index in [2.05, 4.69) is 19.9 Å². The van der Waals surface area contributed by atoms with Crippen LogP contribution in [0.3, 0.4) is 0 Å². The number of nitriles is 1. The van der Waals surface area contributed by atoms with Gasteiger partial charge in [0.05, 0.1) is 11.5 Å². The van der Waals surface area contributed by atoms with Gasteiger partial charge in [0.1, 0.15) is 0 Å². The molecular weight excluding hydrogens is 148 g/mol. The van der Waals surface area contributed by atoms with E-state index < -0.39 is 0 Å². The van der Waals surface area contributed by atoms with Crippen LogP contribution in [0.15, 0.2) is 0 Å². The number of nitrogens with two attached hydrogens (primary N) is 1. The lowest BCUT2D eigenvalue weighted by Gasteiger charge is -2.41. The zero-order valence-electron chi connectivity index (χ0n) is 8.22. The lowest BCUT2D eigenvalue weighted by atomic mass is 9.63. The largest absolute Gasteiger partial charge is 0.328 e. The fourth-order valence-electron chi connectivity index (χ4n) is 2.65. The van der Waals surface area contributed by atoms with E-state index in [1.807, 2.05) is 6.92 Å². The molecule has 0 aromatic rings. The molecular formula is C10H18N2. The van der Waals surface area contributed by atoms with Gasteiger partial charge in [-0.15, -0.1) is 0 Å². The fraction of sp³-hybridized carbons (Fsp3) is 0.900. The maximum Gasteiger partial charge on any atom is 0.0687 e. The maximum atomic E-state index is 8.99. The van der Waals surface area contributed by atoms with Crippen LogP contribution in [0.25, 0.3) is 0 Å². The normalized spacial score (nSPS) is 40.4. The molecule has 0 bridgehead atoms. The van der Waals surface area contributed by atoms with E-state index in [1.54, 1.807) is 0 Å². The highest BCUT2D eigenvalue weighted by Crippen LogP contribution is 2.44. The zero-order valence-corrected chi connectivity index (χ0v) is 8.22. The van der Waals surface area contributed by atoms with Crippen molar-refractivity contribution in [2.75, 3.05) is 0 Å². The van der Waals surface area contributed by atoms with Gasteiger partial charge in [0.15, 0.2) is 0 Å². The van der Waals surface area contributed by atoms with Crippen molar-refractivity contribution in [3.63, 3.8) is 0 Å². The molecule has 2 nitrogen and oxygen atoms in total. The summed E-state index contributed by atoms with van der Waals surface area (Å²) in [4.78, 5) is 0. The van der Waals surface area contributed by atoms with E-state index in [0.717, 1.165) is 19.3 Å². The van der Waals surface area contributed by atoms with Crippen molar-refractivity contribution < 1.29 is 0 Å². The van der Waals surface area contributed by atoms with Crippen molar-refractivity contribution in [3.05, 3.63) is 0 Å².